The van der Waals surface area contributed by atoms with Crippen LogP contribution in [0.3, 0.4) is 0 Å². The van der Waals surface area contributed by atoms with Crippen LogP contribution in [0.4, 0.5) is 5.69 Å². The van der Waals surface area contributed by atoms with Gasteiger partial charge in [0.2, 0.25) is 0 Å². The molecule has 0 aromatic heterocycles. The van der Waals surface area contributed by atoms with E-state index in [0.717, 1.165) is 12.2 Å². The van der Waals surface area contributed by atoms with Crippen molar-refractivity contribution in [2.75, 3.05) is 11.4 Å². The highest BCUT2D eigenvalue weighted by molar-refractivity contribution is 6.33. The molecule has 1 unspecified atom stereocenters. The Hall–Kier alpha value is -1.22. The molecule has 1 aliphatic heterocycles. The Balaban J connectivity index is 2.26. The van der Waals surface area contributed by atoms with Gasteiger partial charge in [0.25, 0.3) is 0 Å². The second-order valence-corrected chi connectivity index (χ2v) is 5.62. The van der Waals surface area contributed by atoms with Crippen molar-refractivity contribution in [1.29, 1.82) is 5.41 Å². The molecule has 1 aromatic carbocycles. The van der Waals surface area contributed by atoms with Crippen LogP contribution in [0, 0.1) is 5.41 Å². The third kappa shape index (κ3) is 3.21. The highest BCUT2D eigenvalue weighted by Crippen LogP contribution is 2.33. The Kier molecular flexibility index (Phi) is 4.70. The van der Waals surface area contributed by atoms with E-state index in [1.807, 2.05) is 12.1 Å². The van der Waals surface area contributed by atoms with Gasteiger partial charge >= 0.3 is 0 Å². The van der Waals surface area contributed by atoms with Crippen LogP contribution < -0.4 is 10.6 Å². The van der Waals surface area contributed by atoms with Gasteiger partial charge in [0.05, 0.1) is 10.7 Å². The van der Waals surface area contributed by atoms with Crippen LogP contribution in [0.15, 0.2) is 18.2 Å². The van der Waals surface area contributed by atoms with Gasteiger partial charge in [-0.05, 0) is 43.9 Å². The summed E-state index contributed by atoms with van der Waals surface area (Å²) in [5.41, 5.74) is 7.28. The van der Waals surface area contributed by atoms with Gasteiger partial charge in [-0.15, -0.1) is 0 Å². The summed E-state index contributed by atoms with van der Waals surface area (Å²) >= 11 is 6.38. The van der Waals surface area contributed by atoms with E-state index in [4.69, 9.17) is 22.7 Å². The summed E-state index contributed by atoms with van der Waals surface area (Å²) in [5, 5.41) is 8.16. The minimum Gasteiger partial charge on any atom is -0.384 e. The first-order valence-corrected chi connectivity index (χ1v) is 7.42. The number of hydrogen-bond donors (Lipinski definition) is 2. The molecular weight excluding hydrogens is 258 g/mol. The van der Waals surface area contributed by atoms with Crippen molar-refractivity contribution in [2.24, 2.45) is 5.73 Å². The normalized spacial score (nSPS) is 19.5. The zero-order valence-corrected chi connectivity index (χ0v) is 12.2. The zero-order chi connectivity index (χ0) is 13.8. The molecule has 19 heavy (non-hydrogen) atoms. The van der Waals surface area contributed by atoms with Crippen LogP contribution >= 0.6 is 11.6 Å². The quantitative estimate of drug-likeness (QED) is 0.651. The van der Waals surface area contributed by atoms with Crippen molar-refractivity contribution in [3.05, 3.63) is 28.8 Å². The van der Waals surface area contributed by atoms with E-state index in [9.17, 15) is 0 Å². The summed E-state index contributed by atoms with van der Waals surface area (Å²) < 4.78 is 0. The predicted molar refractivity (Wildman–Crippen MR) is 82.4 cm³/mol. The van der Waals surface area contributed by atoms with E-state index < -0.39 is 0 Å². The number of piperidine rings is 1. The number of hydrogen-bond acceptors (Lipinski definition) is 2. The lowest BCUT2D eigenvalue weighted by Crippen LogP contribution is -2.39. The van der Waals surface area contributed by atoms with Gasteiger partial charge in [-0.1, -0.05) is 24.9 Å². The maximum Gasteiger partial charge on any atom is 0.122 e. The first-order valence-electron chi connectivity index (χ1n) is 7.04. The minimum absolute atomic E-state index is 0.0669. The summed E-state index contributed by atoms with van der Waals surface area (Å²) in [6.45, 7) is 3.30. The maximum atomic E-state index is 7.46. The summed E-state index contributed by atoms with van der Waals surface area (Å²) in [7, 11) is 0. The number of nitrogen functional groups attached to an aromatic ring is 1. The molecule has 3 nitrogen and oxygen atoms in total. The van der Waals surface area contributed by atoms with Crippen LogP contribution in [-0.2, 0) is 0 Å². The Labute approximate surface area is 120 Å². The second-order valence-electron chi connectivity index (χ2n) is 5.21. The average molecular weight is 280 g/mol. The van der Waals surface area contributed by atoms with Crippen molar-refractivity contribution in [3.63, 3.8) is 0 Å². The fraction of sp³-hybridized carbons (Fsp3) is 0.533. The Morgan fingerprint density at radius 2 is 2.26 bits per heavy atom. The molecule has 1 fully saturated rings. The molecule has 4 heteroatoms. The number of rotatable bonds is 4. The fourth-order valence-electron chi connectivity index (χ4n) is 2.86. The van der Waals surface area contributed by atoms with E-state index in [2.05, 4.69) is 11.8 Å². The SMILES string of the molecule is CCCC1CCCCN1c1ccc(C(=N)N)cc1Cl. The number of benzene rings is 1. The molecule has 0 amide bonds. The lowest BCUT2D eigenvalue weighted by atomic mass is 9.97. The third-order valence-electron chi connectivity index (χ3n) is 3.82. The molecule has 2 rings (SSSR count). The molecule has 0 spiro atoms. The van der Waals surface area contributed by atoms with Crippen molar-refractivity contribution < 1.29 is 0 Å². The molecule has 0 aliphatic carbocycles. The van der Waals surface area contributed by atoms with Crippen molar-refractivity contribution in [2.45, 2.75) is 45.1 Å². The predicted octanol–water partition coefficient (Wildman–Crippen LogP) is 3.78. The smallest absolute Gasteiger partial charge is 0.122 e. The molecule has 1 saturated heterocycles. The third-order valence-corrected chi connectivity index (χ3v) is 4.12. The van der Waals surface area contributed by atoms with Crippen molar-refractivity contribution >= 4 is 23.1 Å². The topological polar surface area (TPSA) is 53.1 Å². The van der Waals surface area contributed by atoms with E-state index in [0.29, 0.717) is 16.6 Å². The number of nitrogens with zero attached hydrogens (tertiary/aromatic N) is 1. The van der Waals surface area contributed by atoms with Crippen molar-refractivity contribution in [1.82, 2.24) is 0 Å². The lowest BCUT2D eigenvalue weighted by molar-refractivity contribution is 0.435. The highest BCUT2D eigenvalue weighted by atomic mass is 35.5. The summed E-state index contributed by atoms with van der Waals surface area (Å²) in [6, 6.07) is 6.30. The maximum absolute atomic E-state index is 7.46. The zero-order valence-electron chi connectivity index (χ0n) is 11.5. The van der Waals surface area contributed by atoms with Crippen LogP contribution in [0.1, 0.15) is 44.6 Å². The summed E-state index contributed by atoms with van der Waals surface area (Å²) in [4.78, 5) is 2.43. The van der Waals surface area contributed by atoms with Gasteiger partial charge < -0.3 is 10.6 Å². The van der Waals surface area contributed by atoms with Gasteiger partial charge in [0, 0.05) is 18.2 Å². The van der Waals surface area contributed by atoms with E-state index in [1.54, 1.807) is 6.07 Å². The Bertz CT molecular complexity index is 457. The van der Waals surface area contributed by atoms with Crippen molar-refractivity contribution in [3.8, 4) is 0 Å². The fourth-order valence-corrected chi connectivity index (χ4v) is 3.15. The van der Waals surface area contributed by atoms with Crippen LogP contribution in [0.5, 0.6) is 0 Å². The molecular formula is C15H22ClN3. The summed E-state index contributed by atoms with van der Waals surface area (Å²) in [6.07, 6.45) is 6.20. The molecule has 1 aromatic rings. The summed E-state index contributed by atoms with van der Waals surface area (Å²) in [5.74, 6) is 0.0669. The van der Waals surface area contributed by atoms with Crippen LogP contribution in [0.2, 0.25) is 5.02 Å². The number of anilines is 1. The second kappa shape index (κ2) is 6.29. The Morgan fingerprint density at radius 3 is 2.89 bits per heavy atom. The van der Waals surface area contributed by atoms with Crippen LogP contribution in [0.25, 0.3) is 0 Å². The Morgan fingerprint density at radius 1 is 1.47 bits per heavy atom. The van der Waals surface area contributed by atoms with Gasteiger partial charge in [-0.3, -0.25) is 5.41 Å². The van der Waals surface area contributed by atoms with Gasteiger partial charge in [-0.2, -0.15) is 0 Å². The molecule has 3 N–H and O–H groups in total. The molecule has 0 saturated carbocycles. The first-order chi connectivity index (χ1) is 9.13. The minimum atomic E-state index is 0.0669. The molecule has 104 valence electrons. The monoisotopic (exact) mass is 279 g/mol. The molecule has 1 aliphatic rings. The number of amidine groups is 1. The van der Waals surface area contributed by atoms with Crippen LogP contribution in [-0.4, -0.2) is 18.4 Å². The largest absolute Gasteiger partial charge is 0.384 e. The number of halogens is 1. The van der Waals surface area contributed by atoms with E-state index >= 15 is 0 Å². The first kappa shape index (κ1) is 14.2. The standard InChI is InChI=1S/C15H22ClN3/c1-2-5-12-6-3-4-9-19(12)14-8-7-11(15(17)18)10-13(14)16/h7-8,10,12H,2-6,9H2,1H3,(H3,17,18). The van der Waals surface area contributed by atoms with E-state index in [1.165, 1.54) is 32.1 Å². The van der Waals surface area contributed by atoms with Gasteiger partial charge in [0.1, 0.15) is 5.84 Å². The number of nitrogens with one attached hydrogen (secondary N) is 1. The molecule has 0 radical (unpaired) electrons. The van der Waals surface area contributed by atoms with Gasteiger partial charge in [-0.25, -0.2) is 0 Å². The molecule has 1 atom stereocenters. The average Bonchev–Trinajstić information content (AvgIpc) is 2.40. The lowest BCUT2D eigenvalue weighted by Gasteiger charge is -2.38. The van der Waals surface area contributed by atoms with E-state index in [-0.39, 0.29) is 5.84 Å². The molecule has 1 heterocycles. The highest BCUT2D eigenvalue weighted by Gasteiger charge is 2.23. The van der Waals surface area contributed by atoms with Gasteiger partial charge in [0.15, 0.2) is 0 Å². The number of nitrogens with two attached hydrogens (primary N) is 1. The molecule has 0 bridgehead atoms.